The van der Waals surface area contributed by atoms with Gasteiger partial charge in [0.05, 0.1) is 13.7 Å². The van der Waals surface area contributed by atoms with Gasteiger partial charge in [0.1, 0.15) is 0 Å². The van der Waals surface area contributed by atoms with E-state index < -0.39 is 11.6 Å². The van der Waals surface area contributed by atoms with E-state index in [2.05, 4.69) is 10.8 Å². The molecule has 5 heteroatoms. The molecule has 0 aromatic rings. The van der Waals surface area contributed by atoms with Crippen LogP contribution in [0, 0.1) is 11.8 Å². The van der Waals surface area contributed by atoms with Gasteiger partial charge in [-0.05, 0) is 18.8 Å². The maximum Gasteiger partial charge on any atom is 0.345 e. The lowest BCUT2D eigenvalue weighted by molar-refractivity contribution is -0.154. The number of hydrogen-bond acceptors (Lipinski definition) is 3. The van der Waals surface area contributed by atoms with Crippen LogP contribution in [0.3, 0.4) is 0 Å². The molecule has 0 aromatic heterocycles. The quantitative estimate of drug-likeness (QED) is 0.566. The zero-order valence-electron chi connectivity index (χ0n) is 11.4. The Morgan fingerprint density at radius 3 is 2.68 bits per heavy atom. The Morgan fingerprint density at radius 1 is 1.37 bits per heavy atom. The molecule has 106 valence electrons. The number of allylic oxidation sites excluding steroid dienone is 2. The number of carbonyl (C=O) groups is 2. The number of hydrogen-bond donors (Lipinski definition) is 0. The number of alkyl halides is 1. The van der Waals surface area contributed by atoms with Crippen molar-refractivity contribution in [2.24, 2.45) is 11.8 Å². The van der Waals surface area contributed by atoms with Crippen LogP contribution in [-0.4, -0.2) is 42.6 Å². The minimum absolute atomic E-state index is 0.0301. The van der Waals surface area contributed by atoms with Gasteiger partial charge in [0, 0.05) is 18.9 Å². The third-order valence-corrected chi connectivity index (χ3v) is 4.15. The van der Waals surface area contributed by atoms with Gasteiger partial charge in [0.15, 0.2) is 0 Å². The Morgan fingerprint density at radius 2 is 2.05 bits per heavy atom. The van der Waals surface area contributed by atoms with Crippen molar-refractivity contribution in [3.63, 3.8) is 0 Å². The van der Waals surface area contributed by atoms with Crippen molar-refractivity contribution in [3.8, 4) is 0 Å². The zero-order valence-corrected chi connectivity index (χ0v) is 11.4. The molecule has 2 aliphatic rings. The second-order valence-corrected chi connectivity index (χ2v) is 5.49. The van der Waals surface area contributed by atoms with Gasteiger partial charge in [-0.25, -0.2) is 9.18 Å². The van der Waals surface area contributed by atoms with Gasteiger partial charge < -0.3 is 9.64 Å². The maximum absolute atomic E-state index is 14.3. The summed E-state index contributed by atoms with van der Waals surface area (Å²) in [6.07, 6.45) is 5.69. The largest absolute Gasteiger partial charge is 0.467 e. The van der Waals surface area contributed by atoms with Crippen molar-refractivity contribution >= 4 is 11.9 Å². The van der Waals surface area contributed by atoms with E-state index >= 15 is 0 Å². The first kappa shape index (κ1) is 14.0. The van der Waals surface area contributed by atoms with Crippen molar-refractivity contribution in [1.29, 1.82) is 0 Å². The normalized spacial score (nSPS) is 34.4. The molecule has 1 saturated heterocycles. The van der Waals surface area contributed by atoms with Gasteiger partial charge in [0.2, 0.25) is 11.6 Å². The van der Waals surface area contributed by atoms with Gasteiger partial charge in [-0.1, -0.05) is 19.1 Å². The Bertz CT molecular complexity index is 409. The van der Waals surface area contributed by atoms with E-state index in [0.717, 1.165) is 6.42 Å². The molecule has 1 aliphatic carbocycles. The molecule has 2 rings (SSSR count). The van der Waals surface area contributed by atoms with Crippen LogP contribution in [-0.2, 0) is 14.3 Å². The van der Waals surface area contributed by atoms with Crippen LogP contribution in [0.2, 0.25) is 0 Å². The summed E-state index contributed by atoms with van der Waals surface area (Å²) in [7, 11) is 1.17. The third kappa shape index (κ3) is 2.65. The lowest BCUT2D eigenvalue weighted by atomic mass is 9.83. The monoisotopic (exact) mass is 269 g/mol. The predicted molar refractivity (Wildman–Crippen MR) is 68.1 cm³/mol. The van der Waals surface area contributed by atoms with E-state index in [1.165, 1.54) is 12.0 Å². The second kappa shape index (κ2) is 5.31. The predicted octanol–water partition coefficient (Wildman–Crippen LogP) is 1.70. The molecule has 1 fully saturated rings. The Balaban J connectivity index is 2.02. The fraction of sp³-hybridized carbons (Fsp3) is 0.714. The van der Waals surface area contributed by atoms with Crippen LogP contribution in [0.25, 0.3) is 0 Å². The summed E-state index contributed by atoms with van der Waals surface area (Å²) in [5, 5.41) is 0. The maximum atomic E-state index is 14.3. The molecule has 0 aromatic carbocycles. The molecular formula is C14H20FNO3. The zero-order chi connectivity index (χ0) is 14.0. The Labute approximate surface area is 112 Å². The van der Waals surface area contributed by atoms with Crippen LogP contribution in [0.4, 0.5) is 4.39 Å². The summed E-state index contributed by atoms with van der Waals surface area (Å²) in [6, 6.07) is 0. The van der Waals surface area contributed by atoms with E-state index in [9.17, 15) is 14.0 Å². The highest BCUT2D eigenvalue weighted by molar-refractivity contribution is 5.84. The molecule has 1 heterocycles. The van der Waals surface area contributed by atoms with Gasteiger partial charge >= 0.3 is 5.97 Å². The van der Waals surface area contributed by atoms with E-state index in [1.807, 2.05) is 13.0 Å². The number of halogens is 1. The number of rotatable bonds is 2. The molecule has 1 aliphatic heterocycles. The number of nitrogens with zero attached hydrogens (tertiary/aromatic N) is 1. The number of esters is 1. The number of ether oxygens (including phenoxy) is 1. The standard InChI is InChI=1S/C14H20FNO3/c1-10-5-3-4-6-11(10)12(17)16-8-7-14(15,9-16)13(18)19-2/h3-4,10-11H,5-9H2,1-2H3/t10-,11-,14+/m1/s1. The van der Waals surface area contributed by atoms with E-state index in [0.29, 0.717) is 6.42 Å². The molecule has 4 nitrogen and oxygen atoms in total. The molecule has 0 radical (unpaired) electrons. The molecule has 0 N–H and O–H groups in total. The second-order valence-electron chi connectivity index (χ2n) is 5.49. The average Bonchev–Trinajstić information content (AvgIpc) is 2.81. The van der Waals surface area contributed by atoms with Crippen molar-refractivity contribution in [2.75, 3.05) is 20.2 Å². The molecule has 0 spiro atoms. The smallest absolute Gasteiger partial charge is 0.345 e. The number of carbonyl (C=O) groups excluding carboxylic acids is 2. The van der Waals surface area contributed by atoms with Crippen molar-refractivity contribution < 1.29 is 18.7 Å². The summed E-state index contributed by atoms with van der Waals surface area (Å²) in [5.74, 6) is -0.741. The molecule has 1 amide bonds. The van der Waals surface area contributed by atoms with Gasteiger partial charge in [0.25, 0.3) is 0 Å². The Kier molecular flexibility index (Phi) is 3.92. The Hall–Kier alpha value is -1.39. The highest BCUT2D eigenvalue weighted by atomic mass is 19.1. The van der Waals surface area contributed by atoms with Crippen LogP contribution in [0.1, 0.15) is 26.2 Å². The topological polar surface area (TPSA) is 46.6 Å². The summed E-state index contributed by atoms with van der Waals surface area (Å²) in [6.45, 7) is 2.15. The molecule has 0 unspecified atom stereocenters. The van der Waals surface area contributed by atoms with Crippen molar-refractivity contribution in [3.05, 3.63) is 12.2 Å². The summed E-state index contributed by atoms with van der Waals surface area (Å²) in [5.41, 5.74) is -2.03. The average molecular weight is 269 g/mol. The summed E-state index contributed by atoms with van der Waals surface area (Å²) in [4.78, 5) is 25.3. The first-order valence-corrected chi connectivity index (χ1v) is 6.69. The lowest BCUT2D eigenvalue weighted by Gasteiger charge is -2.29. The fourth-order valence-corrected chi connectivity index (χ4v) is 2.84. The highest BCUT2D eigenvalue weighted by Gasteiger charge is 2.48. The fourth-order valence-electron chi connectivity index (χ4n) is 2.84. The molecule has 3 atom stereocenters. The van der Waals surface area contributed by atoms with Crippen LogP contribution >= 0.6 is 0 Å². The van der Waals surface area contributed by atoms with Crippen molar-refractivity contribution in [1.82, 2.24) is 4.90 Å². The molecule has 0 bridgehead atoms. The lowest BCUT2D eigenvalue weighted by Crippen LogP contribution is -2.42. The summed E-state index contributed by atoms with van der Waals surface area (Å²) < 4.78 is 18.8. The summed E-state index contributed by atoms with van der Waals surface area (Å²) >= 11 is 0. The number of amides is 1. The molecular weight excluding hydrogens is 249 g/mol. The van der Waals surface area contributed by atoms with Crippen molar-refractivity contribution in [2.45, 2.75) is 31.9 Å². The third-order valence-electron chi connectivity index (χ3n) is 4.15. The minimum atomic E-state index is -2.03. The van der Waals surface area contributed by atoms with Gasteiger partial charge in [-0.15, -0.1) is 0 Å². The van der Waals surface area contributed by atoms with E-state index in [-0.39, 0.29) is 37.3 Å². The van der Waals surface area contributed by atoms with E-state index in [4.69, 9.17) is 0 Å². The minimum Gasteiger partial charge on any atom is -0.467 e. The first-order chi connectivity index (χ1) is 8.98. The highest BCUT2D eigenvalue weighted by Crippen LogP contribution is 2.32. The van der Waals surface area contributed by atoms with E-state index in [1.54, 1.807) is 0 Å². The number of methoxy groups -OCH3 is 1. The number of likely N-dealkylation sites (tertiary alicyclic amines) is 1. The van der Waals surface area contributed by atoms with Gasteiger partial charge in [-0.3, -0.25) is 4.79 Å². The van der Waals surface area contributed by atoms with Crippen LogP contribution in [0.5, 0.6) is 0 Å². The molecule has 19 heavy (non-hydrogen) atoms. The van der Waals surface area contributed by atoms with Crippen LogP contribution in [0.15, 0.2) is 12.2 Å². The SMILES string of the molecule is COC(=O)[C@]1(F)CCN(C(=O)[C@@H]2CC=CC[C@H]2C)C1. The van der Waals surface area contributed by atoms with Crippen LogP contribution < -0.4 is 0 Å². The molecule has 0 saturated carbocycles. The first-order valence-electron chi connectivity index (χ1n) is 6.69. The van der Waals surface area contributed by atoms with Gasteiger partial charge in [-0.2, -0.15) is 0 Å².